The summed E-state index contributed by atoms with van der Waals surface area (Å²) < 4.78 is 5.31. The molecule has 0 saturated carbocycles. The summed E-state index contributed by atoms with van der Waals surface area (Å²) in [6.07, 6.45) is 1.97. The Kier molecular flexibility index (Phi) is 4.43. The molecular weight excluding hydrogens is 270 g/mol. The number of amides is 1. The van der Waals surface area contributed by atoms with Gasteiger partial charge in [-0.25, -0.2) is 4.79 Å². The highest BCUT2D eigenvalue weighted by molar-refractivity contribution is 7.80. The third-order valence-electron chi connectivity index (χ3n) is 3.17. The van der Waals surface area contributed by atoms with Crippen LogP contribution in [0.4, 0.5) is 4.79 Å². The van der Waals surface area contributed by atoms with Gasteiger partial charge in [-0.2, -0.15) is 0 Å². The van der Waals surface area contributed by atoms with E-state index < -0.39 is 5.60 Å². The van der Waals surface area contributed by atoms with Crippen LogP contribution >= 0.6 is 12.2 Å². The van der Waals surface area contributed by atoms with Gasteiger partial charge in [0.05, 0.1) is 0 Å². The van der Waals surface area contributed by atoms with Crippen LogP contribution in [0.1, 0.15) is 38.3 Å². The number of carbonyl (C=O) groups excluding carboxylic acids is 1. The minimum Gasteiger partial charge on any atom is -0.444 e. The minimum atomic E-state index is -0.479. The molecule has 1 unspecified atom stereocenters. The summed E-state index contributed by atoms with van der Waals surface area (Å²) in [7, 11) is 0. The average Bonchev–Trinajstić information content (AvgIpc) is 2.43. The zero-order valence-electron chi connectivity index (χ0n) is 12.2. The highest BCUT2D eigenvalue weighted by atomic mass is 32.1. The van der Waals surface area contributed by atoms with E-state index in [1.807, 2.05) is 32.9 Å². The predicted molar refractivity (Wildman–Crippen MR) is 84.2 cm³/mol. The first-order valence-electron chi connectivity index (χ1n) is 6.91. The number of rotatable bonds is 1. The molecule has 2 rings (SSSR count). The molecule has 20 heavy (non-hydrogen) atoms. The lowest BCUT2D eigenvalue weighted by Crippen LogP contribution is -2.40. The zero-order valence-corrected chi connectivity index (χ0v) is 13.0. The van der Waals surface area contributed by atoms with Crippen molar-refractivity contribution in [3.8, 4) is 0 Å². The molecule has 0 bridgehead atoms. The molecule has 1 aliphatic rings. The second-order valence-electron chi connectivity index (χ2n) is 6.24. The molecule has 0 radical (unpaired) electrons. The van der Waals surface area contributed by atoms with Crippen LogP contribution in [0.15, 0.2) is 24.3 Å². The van der Waals surface area contributed by atoms with E-state index in [-0.39, 0.29) is 12.1 Å². The summed E-state index contributed by atoms with van der Waals surface area (Å²) in [6.45, 7) is 5.58. The van der Waals surface area contributed by atoms with Gasteiger partial charge in [0, 0.05) is 12.5 Å². The Morgan fingerprint density at radius 2 is 1.90 bits per heavy atom. The number of alkyl carbamates (subject to hydrolysis) is 1. The summed E-state index contributed by atoms with van der Waals surface area (Å²) in [4.78, 5) is 12.9. The summed E-state index contributed by atoms with van der Waals surface area (Å²) in [5.74, 6) is 0. The normalized spacial score (nSPS) is 18.9. The van der Waals surface area contributed by atoms with Gasteiger partial charge in [0.25, 0.3) is 0 Å². The SMILES string of the molecule is CC(C)(C)OC(=O)NC1CC(=S)Cc2ccccc2C1. The third kappa shape index (κ3) is 4.30. The number of nitrogens with one attached hydrogen (secondary N) is 1. The molecule has 0 heterocycles. The zero-order chi connectivity index (χ0) is 14.8. The van der Waals surface area contributed by atoms with Gasteiger partial charge in [0.1, 0.15) is 5.60 Å². The van der Waals surface area contributed by atoms with Crippen molar-refractivity contribution in [2.45, 2.75) is 51.7 Å². The van der Waals surface area contributed by atoms with Crippen LogP contribution in [-0.4, -0.2) is 22.6 Å². The Bertz CT molecular complexity index is 519. The van der Waals surface area contributed by atoms with Gasteiger partial charge in [-0.15, -0.1) is 0 Å². The van der Waals surface area contributed by atoms with Crippen LogP contribution < -0.4 is 5.32 Å². The van der Waals surface area contributed by atoms with E-state index in [9.17, 15) is 4.79 Å². The Morgan fingerprint density at radius 1 is 1.25 bits per heavy atom. The van der Waals surface area contributed by atoms with Crippen LogP contribution in [0.2, 0.25) is 0 Å². The lowest BCUT2D eigenvalue weighted by molar-refractivity contribution is 0.0506. The van der Waals surface area contributed by atoms with Crippen LogP contribution in [0.3, 0.4) is 0 Å². The summed E-state index contributed by atoms with van der Waals surface area (Å²) in [6, 6.07) is 8.28. The molecule has 1 amide bonds. The molecule has 108 valence electrons. The third-order valence-corrected chi connectivity index (χ3v) is 3.48. The van der Waals surface area contributed by atoms with Crippen molar-refractivity contribution in [2.75, 3.05) is 0 Å². The smallest absolute Gasteiger partial charge is 0.407 e. The quantitative estimate of drug-likeness (QED) is 0.636. The fourth-order valence-corrected chi connectivity index (χ4v) is 2.76. The van der Waals surface area contributed by atoms with E-state index in [1.165, 1.54) is 11.1 Å². The van der Waals surface area contributed by atoms with E-state index in [0.717, 1.165) is 24.1 Å². The van der Waals surface area contributed by atoms with Crippen LogP contribution in [-0.2, 0) is 17.6 Å². The fourth-order valence-electron chi connectivity index (χ4n) is 2.40. The van der Waals surface area contributed by atoms with E-state index in [4.69, 9.17) is 17.0 Å². The molecule has 0 aromatic heterocycles. The minimum absolute atomic E-state index is 0.0148. The van der Waals surface area contributed by atoms with Crippen LogP contribution in [0.25, 0.3) is 0 Å². The highest BCUT2D eigenvalue weighted by Gasteiger charge is 2.23. The van der Waals surface area contributed by atoms with E-state index in [2.05, 4.69) is 17.4 Å². The van der Waals surface area contributed by atoms with Crippen molar-refractivity contribution in [2.24, 2.45) is 0 Å². The number of benzene rings is 1. The van der Waals surface area contributed by atoms with Crippen molar-refractivity contribution >= 4 is 23.2 Å². The molecule has 0 fully saturated rings. The maximum Gasteiger partial charge on any atom is 0.407 e. The molecule has 0 aliphatic heterocycles. The van der Waals surface area contributed by atoms with Gasteiger partial charge in [0.2, 0.25) is 0 Å². The summed E-state index contributed by atoms with van der Waals surface area (Å²) in [5.41, 5.74) is 2.05. The van der Waals surface area contributed by atoms with E-state index >= 15 is 0 Å². The van der Waals surface area contributed by atoms with Gasteiger partial charge >= 0.3 is 6.09 Å². The molecule has 1 aliphatic carbocycles. The second kappa shape index (κ2) is 5.92. The molecule has 1 N–H and O–H groups in total. The number of hydrogen-bond acceptors (Lipinski definition) is 3. The Hall–Kier alpha value is -1.42. The Morgan fingerprint density at radius 3 is 2.55 bits per heavy atom. The topological polar surface area (TPSA) is 38.3 Å². The molecule has 0 saturated heterocycles. The number of thiocarbonyl (C=S) groups is 1. The average molecular weight is 291 g/mol. The lowest BCUT2D eigenvalue weighted by atomic mass is 10.0. The highest BCUT2D eigenvalue weighted by Crippen LogP contribution is 2.20. The van der Waals surface area contributed by atoms with Crippen molar-refractivity contribution in [1.82, 2.24) is 5.32 Å². The van der Waals surface area contributed by atoms with Crippen molar-refractivity contribution in [3.05, 3.63) is 35.4 Å². The Balaban J connectivity index is 2.06. The molecule has 4 heteroatoms. The first kappa shape index (κ1) is 15.0. The van der Waals surface area contributed by atoms with Gasteiger partial charge < -0.3 is 10.1 Å². The van der Waals surface area contributed by atoms with Gasteiger partial charge in [0.15, 0.2) is 0 Å². The summed E-state index contributed by atoms with van der Waals surface area (Å²) in [5, 5.41) is 2.94. The maximum atomic E-state index is 11.9. The van der Waals surface area contributed by atoms with Gasteiger partial charge in [-0.05, 0) is 49.6 Å². The molecule has 1 atom stereocenters. The van der Waals surface area contributed by atoms with Gasteiger partial charge in [-0.3, -0.25) is 0 Å². The largest absolute Gasteiger partial charge is 0.444 e. The molecule has 0 spiro atoms. The number of hydrogen-bond donors (Lipinski definition) is 1. The number of fused-ring (bicyclic) bond motifs is 1. The van der Waals surface area contributed by atoms with E-state index in [1.54, 1.807) is 0 Å². The maximum absolute atomic E-state index is 11.9. The van der Waals surface area contributed by atoms with Gasteiger partial charge in [-0.1, -0.05) is 36.5 Å². The Labute approximate surface area is 125 Å². The summed E-state index contributed by atoms with van der Waals surface area (Å²) >= 11 is 5.42. The van der Waals surface area contributed by atoms with Crippen molar-refractivity contribution < 1.29 is 9.53 Å². The number of carbonyl (C=O) groups is 1. The van der Waals surface area contributed by atoms with Crippen LogP contribution in [0, 0.1) is 0 Å². The van der Waals surface area contributed by atoms with E-state index in [0.29, 0.717) is 0 Å². The first-order valence-corrected chi connectivity index (χ1v) is 7.32. The van der Waals surface area contributed by atoms with Crippen molar-refractivity contribution in [1.29, 1.82) is 0 Å². The molecule has 1 aromatic rings. The van der Waals surface area contributed by atoms with Crippen LogP contribution in [0.5, 0.6) is 0 Å². The fraction of sp³-hybridized carbons (Fsp3) is 0.500. The monoisotopic (exact) mass is 291 g/mol. The number of ether oxygens (including phenoxy) is 1. The molecular formula is C16H21NO2S. The first-order chi connectivity index (χ1) is 9.33. The standard InChI is InChI=1S/C16H21NO2S/c1-16(2,3)19-15(18)17-13-8-11-6-4-5-7-12(11)9-14(20)10-13/h4-7,13H,8-10H2,1-3H3,(H,17,18). The lowest BCUT2D eigenvalue weighted by Gasteiger charge is -2.23. The van der Waals surface area contributed by atoms with Crippen molar-refractivity contribution in [3.63, 3.8) is 0 Å². The molecule has 3 nitrogen and oxygen atoms in total. The predicted octanol–water partition coefficient (Wildman–Crippen LogP) is 3.44. The second-order valence-corrected chi connectivity index (χ2v) is 6.81. The molecule has 1 aromatic carbocycles.